The molecule has 1 aromatic heterocycles. The largest absolute Gasteiger partial charge is 0.393 e. The van der Waals surface area contributed by atoms with E-state index in [4.69, 9.17) is 0 Å². The van der Waals surface area contributed by atoms with E-state index in [0.717, 1.165) is 12.8 Å². The maximum absolute atomic E-state index is 11.7. The molecule has 162 valence electrons. The molecule has 0 radical (unpaired) electrons. The van der Waals surface area contributed by atoms with Crippen LogP contribution in [0.15, 0.2) is 42.1 Å². The summed E-state index contributed by atoms with van der Waals surface area (Å²) < 4.78 is 0. The number of benzene rings is 1. The highest BCUT2D eigenvalue weighted by atomic mass is 16.3. The molecule has 0 amide bonds. The van der Waals surface area contributed by atoms with Crippen molar-refractivity contribution in [1.29, 1.82) is 0 Å². The number of aromatic amines is 1. The van der Waals surface area contributed by atoms with E-state index in [1.807, 2.05) is 0 Å². The van der Waals surface area contributed by atoms with Gasteiger partial charge in [0.1, 0.15) is 0 Å². The van der Waals surface area contributed by atoms with Gasteiger partial charge in [0.05, 0.1) is 6.10 Å². The lowest BCUT2D eigenvalue weighted by molar-refractivity contribution is -0.208. The minimum absolute atomic E-state index is 0.0102. The summed E-state index contributed by atoms with van der Waals surface area (Å²) in [6, 6.07) is 8.77. The van der Waals surface area contributed by atoms with Crippen molar-refractivity contribution in [3.05, 3.63) is 47.7 Å². The van der Waals surface area contributed by atoms with Crippen LogP contribution in [0.1, 0.15) is 78.2 Å². The molecular formula is C28H39NO. The predicted molar refractivity (Wildman–Crippen MR) is 125 cm³/mol. The first-order chi connectivity index (χ1) is 14.3. The maximum atomic E-state index is 11.7. The lowest BCUT2D eigenvalue weighted by Gasteiger charge is -2.68. The molecule has 1 spiro atoms. The first-order valence-electron chi connectivity index (χ1n) is 12.2. The molecule has 3 aliphatic rings. The van der Waals surface area contributed by atoms with Gasteiger partial charge in [0.15, 0.2) is 0 Å². The standard InChI is InChI=1S/C28H39NO/c1-17(2)20-13-15-28-24(30)11-10-19(4)27(28,5)14-12-18(3)26(28)25(20)22-16-29-23-9-7-6-8-21(22)23/h6-9,13,16-19,24-26,29-30H,10-12,14-15H2,1-5H3/t18-,19-,24-,25-,26+,27+,28+/m1/s1. The lowest BCUT2D eigenvalue weighted by Crippen LogP contribution is -2.64. The van der Waals surface area contributed by atoms with E-state index in [2.05, 4.69) is 76.1 Å². The molecule has 0 bridgehead atoms. The average molecular weight is 406 g/mol. The molecule has 1 aromatic carbocycles. The summed E-state index contributed by atoms with van der Waals surface area (Å²) in [5, 5.41) is 13.1. The molecule has 2 heteroatoms. The van der Waals surface area contributed by atoms with Gasteiger partial charge in [-0.3, -0.25) is 0 Å². The Bertz CT molecular complexity index is 970. The zero-order chi connectivity index (χ0) is 21.3. The SMILES string of the molecule is CC(C)C1=CC[C@]23[C@@H]([C@H](C)CC[C@@]2(C)[C@H](C)CC[C@H]3O)[C@H]1c1c[nH]c2ccccc12. The number of rotatable bonds is 2. The molecule has 5 rings (SSSR count). The number of nitrogens with one attached hydrogen (secondary N) is 1. The van der Waals surface area contributed by atoms with Crippen molar-refractivity contribution in [3.8, 4) is 0 Å². The number of hydrogen-bond donors (Lipinski definition) is 2. The van der Waals surface area contributed by atoms with Crippen molar-refractivity contribution in [2.45, 2.75) is 78.7 Å². The van der Waals surface area contributed by atoms with Gasteiger partial charge in [-0.15, -0.1) is 0 Å². The smallest absolute Gasteiger partial charge is 0.0607 e. The fourth-order valence-electron chi connectivity index (χ4n) is 8.19. The Morgan fingerprint density at radius 1 is 1.10 bits per heavy atom. The summed E-state index contributed by atoms with van der Waals surface area (Å²) in [6.07, 6.45) is 10.4. The maximum Gasteiger partial charge on any atom is 0.0607 e. The highest BCUT2D eigenvalue weighted by molar-refractivity contribution is 5.84. The monoisotopic (exact) mass is 405 g/mol. The van der Waals surface area contributed by atoms with Crippen LogP contribution in [0.25, 0.3) is 10.9 Å². The Balaban J connectivity index is 1.76. The molecule has 2 nitrogen and oxygen atoms in total. The van der Waals surface area contributed by atoms with E-state index in [-0.39, 0.29) is 16.9 Å². The molecule has 7 atom stereocenters. The molecule has 0 aliphatic heterocycles. The normalized spacial score (nSPS) is 41.4. The summed E-state index contributed by atoms with van der Waals surface area (Å²) in [6.45, 7) is 12.2. The first kappa shape index (κ1) is 20.4. The summed E-state index contributed by atoms with van der Waals surface area (Å²) in [5.74, 6) is 2.72. The third-order valence-corrected chi connectivity index (χ3v) is 9.96. The molecule has 2 saturated carbocycles. The van der Waals surface area contributed by atoms with Crippen LogP contribution in [0.5, 0.6) is 0 Å². The summed E-state index contributed by atoms with van der Waals surface area (Å²) in [4.78, 5) is 3.56. The highest BCUT2D eigenvalue weighted by Gasteiger charge is 2.66. The lowest BCUT2D eigenvalue weighted by atomic mass is 9.37. The van der Waals surface area contributed by atoms with Gasteiger partial charge in [-0.2, -0.15) is 0 Å². The van der Waals surface area contributed by atoms with Crippen LogP contribution in [-0.2, 0) is 0 Å². The van der Waals surface area contributed by atoms with Crippen molar-refractivity contribution in [2.24, 2.45) is 34.5 Å². The second-order valence-corrected chi connectivity index (χ2v) is 11.3. The van der Waals surface area contributed by atoms with Crippen LogP contribution in [0.4, 0.5) is 0 Å². The molecule has 3 aliphatic carbocycles. The van der Waals surface area contributed by atoms with E-state index >= 15 is 0 Å². The minimum atomic E-state index is -0.191. The molecule has 2 fully saturated rings. The molecule has 2 N–H and O–H groups in total. The van der Waals surface area contributed by atoms with Crippen LogP contribution in [0.3, 0.4) is 0 Å². The number of hydrogen-bond acceptors (Lipinski definition) is 1. The second-order valence-electron chi connectivity index (χ2n) is 11.3. The first-order valence-corrected chi connectivity index (χ1v) is 12.2. The summed E-state index contributed by atoms with van der Waals surface area (Å²) in [5.41, 5.74) is 4.49. The van der Waals surface area contributed by atoms with E-state index < -0.39 is 0 Å². The van der Waals surface area contributed by atoms with E-state index in [0.29, 0.717) is 29.6 Å². The van der Waals surface area contributed by atoms with Crippen LogP contribution >= 0.6 is 0 Å². The van der Waals surface area contributed by atoms with Gasteiger partial charge in [-0.05, 0) is 72.8 Å². The van der Waals surface area contributed by atoms with E-state index in [1.165, 1.54) is 35.7 Å². The van der Waals surface area contributed by atoms with Crippen molar-refractivity contribution in [3.63, 3.8) is 0 Å². The number of para-hydroxylation sites is 1. The Morgan fingerprint density at radius 2 is 1.87 bits per heavy atom. The zero-order valence-corrected chi connectivity index (χ0v) is 19.4. The van der Waals surface area contributed by atoms with Gasteiger partial charge in [-0.25, -0.2) is 0 Å². The van der Waals surface area contributed by atoms with Crippen LogP contribution in [-0.4, -0.2) is 16.2 Å². The molecule has 1 heterocycles. The Hall–Kier alpha value is -1.54. The third-order valence-electron chi connectivity index (χ3n) is 9.96. The zero-order valence-electron chi connectivity index (χ0n) is 19.4. The molecule has 2 aromatic rings. The number of fused-ring (bicyclic) bond motifs is 1. The van der Waals surface area contributed by atoms with E-state index in [1.54, 1.807) is 5.57 Å². The summed E-state index contributed by atoms with van der Waals surface area (Å²) in [7, 11) is 0. The van der Waals surface area contributed by atoms with Gasteiger partial charge >= 0.3 is 0 Å². The number of H-pyrrole nitrogens is 1. The number of aliphatic hydroxyl groups excluding tert-OH is 1. The van der Waals surface area contributed by atoms with Crippen LogP contribution in [0, 0.1) is 34.5 Å². The molecule has 30 heavy (non-hydrogen) atoms. The minimum Gasteiger partial charge on any atom is -0.393 e. The molecule has 0 saturated heterocycles. The molecule has 0 unspecified atom stereocenters. The second kappa shape index (κ2) is 6.99. The average Bonchev–Trinajstić information content (AvgIpc) is 3.16. The van der Waals surface area contributed by atoms with Crippen molar-refractivity contribution >= 4 is 10.9 Å². The van der Waals surface area contributed by atoms with Gasteiger partial charge in [0, 0.05) is 28.4 Å². The van der Waals surface area contributed by atoms with Gasteiger partial charge in [-0.1, -0.05) is 64.5 Å². The predicted octanol–water partition coefficient (Wildman–Crippen LogP) is 7.07. The Morgan fingerprint density at radius 3 is 2.63 bits per heavy atom. The fraction of sp³-hybridized carbons (Fsp3) is 0.643. The van der Waals surface area contributed by atoms with Crippen LogP contribution < -0.4 is 0 Å². The topological polar surface area (TPSA) is 36.0 Å². The Kier molecular flexibility index (Phi) is 4.74. The highest BCUT2D eigenvalue weighted by Crippen LogP contribution is 2.71. The number of allylic oxidation sites excluding steroid dienone is 2. The van der Waals surface area contributed by atoms with Crippen molar-refractivity contribution < 1.29 is 5.11 Å². The van der Waals surface area contributed by atoms with Gasteiger partial charge in [0.25, 0.3) is 0 Å². The Labute approximate surface area is 182 Å². The van der Waals surface area contributed by atoms with Crippen molar-refractivity contribution in [1.82, 2.24) is 4.98 Å². The number of aliphatic hydroxyl groups is 1. The quantitative estimate of drug-likeness (QED) is 0.515. The molecular weight excluding hydrogens is 366 g/mol. The van der Waals surface area contributed by atoms with Gasteiger partial charge < -0.3 is 10.1 Å². The summed E-state index contributed by atoms with van der Waals surface area (Å²) >= 11 is 0. The van der Waals surface area contributed by atoms with Crippen LogP contribution in [0.2, 0.25) is 0 Å². The fourth-order valence-corrected chi connectivity index (χ4v) is 8.19. The van der Waals surface area contributed by atoms with E-state index in [9.17, 15) is 5.11 Å². The van der Waals surface area contributed by atoms with Gasteiger partial charge in [0.2, 0.25) is 0 Å². The third kappa shape index (κ3) is 2.52. The number of aromatic nitrogens is 1. The van der Waals surface area contributed by atoms with Crippen molar-refractivity contribution in [2.75, 3.05) is 0 Å².